The first-order valence-electron chi connectivity index (χ1n) is 4.95. The standard InChI is InChI=1S/C10H16N4O/c1-8-12-6-9(7-13-8)14-10(15)4-3-5-11-2/h6-7,11H,3-5H2,1-2H3,(H,14,15). The molecule has 0 aromatic carbocycles. The lowest BCUT2D eigenvalue weighted by Crippen LogP contribution is -2.15. The van der Waals surface area contributed by atoms with Crippen LogP contribution in [0.4, 0.5) is 5.69 Å². The van der Waals surface area contributed by atoms with Crippen molar-refractivity contribution in [3.05, 3.63) is 18.2 Å². The van der Waals surface area contributed by atoms with E-state index in [0.717, 1.165) is 13.0 Å². The van der Waals surface area contributed by atoms with Gasteiger partial charge in [-0.2, -0.15) is 0 Å². The van der Waals surface area contributed by atoms with Crippen LogP contribution in [0.3, 0.4) is 0 Å². The summed E-state index contributed by atoms with van der Waals surface area (Å²) in [5, 5.41) is 5.73. The number of amides is 1. The molecule has 5 heteroatoms. The number of carbonyl (C=O) groups excluding carboxylic acids is 1. The minimum Gasteiger partial charge on any atom is -0.323 e. The van der Waals surface area contributed by atoms with Crippen molar-refractivity contribution in [2.75, 3.05) is 18.9 Å². The predicted octanol–water partition coefficient (Wildman–Crippen LogP) is 0.723. The molecule has 0 aliphatic rings. The normalized spacial score (nSPS) is 10.0. The molecule has 1 amide bonds. The molecule has 1 aromatic heterocycles. The largest absolute Gasteiger partial charge is 0.323 e. The van der Waals surface area contributed by atoms with Gasteiger partial charge >= 0.3 is 0 Å². The molecule has 1 heterocycles. The Labute approximate surface area is 89.3 Å². The summed E-state index contributed by atoms with van der Waals surface area (Å²) in [5.41, 5.74) is 0.648. The van der Waals surface area contributed by atoms with Crippen molar-refractivity contribution < 1.29 is 4.79 Å². The maximum absolute atomic E-state index is 11.4. The molecule has 0 radical (unpaired) electrons. The fourth-order valence-electron chi connectivity index (χ4n) is 1.11. The SMILES string of the molecule is CNCCCC(=O)Nc1cnc(C)nc1. The molecule has 2 N–H and O–H groups in total. The molecule has 5 nitrogen and oxygen atoms in total. The Kier molecular flexibility index (Phi) is 4.70. The Balaban J connectivity index is 2.34. The van der Waals surface area contributed by atoms with E-state index in [1.165, 1.54) is 0 Å². The number of carbonyl (C=O) groups is 1. The second-order valence-corrected chi connectivity index (χ2v) is 3.27. The molecule has 0 aliphatic heterocycles. The molecule has 1 aromatic rings. The first-order chi connectivity index (χ1) is 7.22. The molecule has 15 heavy (non-hydrogen) atoms. The van der Waals surface area contributed by atoms with Crippen LogP contribution in [-0.4, -0.2) is 29.5 Å². The van der Waals surface area contributed by atoms with Gasteiger partial charge in [-0.3, -0.25) is 4.79 Å². The van der Waals surface area contributed by atoms with E-state index in [-0.39, 0.29) is 5.91 Å². The average Bonchev–Trinajstić information content (AvgIpc) is 2.22. The number of nitrogens with one attached hydrogen (secondary N) is 2. The number of aryl methyl sites for hydroxylation is 1. The van der Waals surface area contributed by atoms with Crippen LogP contribution in [0.1, 0.15) is 18.7 Å². The summed E-state index contributed by atoms with van der Waals surface area (Å²) in [6.07, 6.45) is 4.56. The Bertz CT molecular complexity index is 310. The summed E-state index contributed by atoms with van der Waals surface area (Å²) >= 11 is 0. The summed E-state index contributed by atoms with van der Waals surface area (Å²) in [5.74, 6) is 0.695. The van der Waals surface area contributed by atoms with Crippen LogP contribution >= 0.6 is 0 Å². The molecule has 0 bridgehead atoms. The number of anilines is 1. The topological polar surface area (TPSA) is 66.9 Å². The van der Waals surface area contributed by atoms with Crippen LogP contribution in [-0.2, 0) is 4.79 Å². The maximum atomic E-state index is 11.4. The highest BCUT2D eigenvalue weighted by Gasteiger charge is 2.01. The monoisotopic (exact) mass is 208 g/mol. The molecule has 0 spiro atoms. The Morgan fingerprint density at radius 2 is 2.07 bits per heavy atom. The highest BCUT2D eigenvalue weighted by Crippen LogP contribution is 2.03. The van der Waals surface area contributed by atoms with Crippen LogP contribution in [0.25, 0.3) is 0 Å². The van der Waals surface area contributed by atoms with Gasteiger partial charge in [0, 0.05) is 6.42 Å². The second-order valence-electron chi connectivity index (χ2n) is 3.27. The fraction of sp³-hybridized carbons (Fsp3) is 0.500. The summed E-state index contributed by atoms with van der Waals surface area (Å²) in [4.78, 5) is 19.4. The third kappa shape index (κ3) is 4.51. The third-order valence-corrected chi connectivity index (χ3v) is 1.90. The van der Waals surface area contributed by atoms with E-state index in [2.05, 4.69) is 20.6 Å². The van der Waals surface area contributed by atoms with E-state index in [9.17, 15) is 4.79 Å². The lowest BCUT2D eigenvalue weighted by atomic mass is 10.3. The number of hydrogen-bond acceptors (Lipinski definition) is 4. The van der Waals surface area contributed by atoms with Gasteiger partial charge in [0.1, 0.15) is 5.82 Å². The zero-order valence-electron chi connectivity index (χ0n) is 9.08. The number of hydrogen-bond donors (Lipinski definition) is 2. The van der Waals surface area contributed by atoms with Crippen molar-refractivity contribution in [1.29, 1.82) is 0 Å². The van der Waals surface area contributed by atoms with Crippen LogP contribution < -0.4 is 10.6 Å². The van der Waals surface area contributed by atoms with Gasteiger partial charge in [0.05, 0.1) is 18.1 Å². The van der Waals surface area contributed by atoms with E-state index in [0.29, 0.717) is 17.9 Å². The minimum atomic E-state index is -0.00213. The Morgan fingerprint density at radius 3 is 2.67 bits per heavy atom. The van der Waals surface area contributed by atoms with Crippen molar-refractivity contribution >= 4 is 11.6 Å². The zero-order chi connectivity index (χ0) is 11.1. The highest BCUT2D eigenvalue weighted by molar-refractivity contribution is 5.90. The quantitative estimate of drug-likeness (QED) is 0.700. The summed E-state index contributed by atoms with van der Waals surface area (Å²) in [6, 6.07) is 0. The zero-order valence-corrected chi connectivity index (χ0v) is 9.08. The summed E-state index contributed by atoms with van der Waals surface area (Å²) < 4.78 is 0. The molecule has 0 fully saturated rings. The molecular formula is C10H16N4O. The molecule has 82 valence electrons. The van der Waals surface area contributed by atoms with Gasteiger partial charge in [-0.1, -0.05) is 0 Å². The smallest absolute Gasteiger partial charge is 0.224 e. The van der Waals surface area contributed by atoms with Crippen molar-refractivity contribution in [2.45, 2.75) is 19.8 Å². The summed E-state index contributed by atoms with van der Waals surface area (Å²) in [7, 11) is 1.87. The van der Waals surface area contributed by atoms with Crippen LogP contribution in [0, 0.1) is 6.92 Å². The van der Waals surface area contributed by atoms with Gasteiger partial charge in [-0.25, -0.2) is 9.97 Å². The number of rotatable bonds is 5. The number of nitrogens with zero attached hydrogens (tertiary/aromatic N) is 2. The lowest BCUT2D eigenvalue weighted by Gasteiger charge is -2.04. The first kappa shape index (κ1) is 11.6. The van der Waals surface area contributed by atoms with E-state index in [1.807, 2.05) is 7.05 Å². The lowest BCUT2D eigenvalue weighted by molar-refractivity contribution is -0.116. The highest BCUT2D eigenvalue weighted by atomic mass is 16.1. The molecular weight excluding hydrogens is 192 g/mol. The minimum absolute atomic E-state index is 0.00213. The van der Waals surface area contributed by atoms with Crippen molar-refractivity contribution in [3.8, 4) is 0 Å². The van der Waals surface area contributed by atoms with Gasteiger partial charge in [-0.15, -0.1) is 0 Å². The van der Waals surface area contributed by atoms with Gasteiger partial charge < -0.3 is 10.6 Å². The van der Waals surface area contributed by atoms with Gasteiger partial charge in [0.15, 0.2) is 0 Å². The Morgan fingerprint density at radius 1 is 1.40 bits per heavy atom. The molecule has 0 saturated heterocycles. The van der Waals surface area contributed by atoms with Gasteiger partial charge in [0.25, 0.3) is 0 Å². The van der Waals surface area contributed by atoms with Gasteiger partial charge in [-0.05, 0) is 26.9 Å². The molecule has 1 rings (SSSR count). The fourth-order valence-corrected chi connectivity index (χ4v) is 1.11. The van der Waals surface area contributed by atoms with Crippen LogP contribution in [0.2, 0.25) is 0 Å². The van der Waals surface area contributed by atoms with Crippen molar-refractivity contribution in [2.24, 2.45) is 0 Å². The molecule has 0 unspecified atom stereocenters. The predicted molar refractivity (Wildman–Crippen MR) is 58.6 cm³/mol. The van der Waals surface area contributed by atoms with E-state index >= 15 is 0 Å². The maximum Gasteiger partial charge on any atom is 0.224 e. The second kappa shape index (κ2) is 6.08. The molecule has 0 aliphatic carbocycles. The Hall–Kier alpha value is -1.49. The molecule has 0 saturated carbocycles. The summed E-state index contributed by atoms with van der Waals surface area (Å²) in [6.45, 7) is 2.65. The average molecular weight is 208 g/mol. The van der Waals surface area contributed by atoms with Gasteiger partial charge in [0.2, 0.25) is 5.91 Å². The van der Waals surface area contributed by atoms with Crippen LogP contribution in [0.15, 0.2) is 12.4 Å². The van der Waals surface area contributed by atoms with E-state index < -0.39 is 0 Å². The van der Waals surface area contributed by atoms with E-state index in [1.54, 1.807) is 19.3 Å². The number of aromatic nitrogens is 2. The first-order valence-corrected chi connectivity index (χ1v) is 4.95. The van der Waals surface area contributed by atoms with E-state index in [4.69, 9.17) is 0 Å². The molecule has 0 atom stereocenters. The van der Waals surface area contributed by atoms with Crippen molar-refractivity contribution in [3.63, 3.8) is 0 Å². The third-order valence-electron chi connectivity index (χ3n) is 1.90. The van der Waals surface area contributed by atoms with Crippen LogP contribution in [0.5, 0.6) is 0 Å². The van der Waals surface area contributed by atoms with Crippen molar-refractivity contribution in [1.82, 2.24) is 15.3 Å².